The number of benzene rings is 1. The third-order valence-corrected chi connectivity index (χ3v) is 4.79. The van der Waals surface area contributed by atoms with E-state index in [0.717, 1.165) is 0 Å². The number of hydrazone groups is 1. The van der Waals surface area contributed by atoms with Crippen LogP contribution < -0.4 is 0 Å². The SMILES string of the molecule is O=C(c1cccs1)N1N=C(c2ccccc2O)C[C@H]1c1ccco1. The molecule has 1 atom stereocenters. The minimum atomic E-state index is -0.316. The number of carbonyl (C=O) groups is 1. The average molecular weight is 338 g/mol. The number of thiophene rings is 1. The number of carbonyl (C=O) groups excluding carboxylic acids is 1. The lowest BCUT2D eigenvalue weighted by Gasteiger charge is -2.18. The fraction of sp³-hybridized carbons (Fsp3) is 0.111. The van der Waals surface area contributed by atoms with Crippen LogP contribution in [0.3, 0.4) is 0 Å². The number of amides is 1. The van der Waals surface area contributed by atoms with Gasteiger partial charge in [-0.3, -0.25) is 4.79 Å². The van der Waals surface area contributed by atoms with Gasteiger partial charge in [-0.2, -0.15) is 5.10 Å². The van der Waals surface area contributed by atoms with Crippen molar-refractivity contribution in [2.75, 3.05) is 0 Å². The Labute approximate surface area is 142 Å². The van der Waals surface area contributed by atoms with Crippen molar-refractivity contribution in [3.8, 4) is 5.75 Å². The van der Waals surface area contributed by atoms with Gasteiger partial charge in [-0.25, -0.2) is 5.01 Å². The molecule has 120 valence electrons. The van der Waals surface area contributed by atoms with Gasteiger partial charge in [-0.1, -0.05) is 18.2 Å². The molecule has 1 aliphatic rings. The zero-order chi connectivity index (χ0) is 16.5. The molecular weight excluding hydrogens is 324 g/mol. The van der Waals surface area contributed by atoms with Crippen LogP contribution in [0.15, 0.2) is 69.7 Å². The van der Waals surface area contributed by atoms with Crippen LogP contribution >= 0.6 is 11.3 Å². The molecule has 0 radical (unpaired) electrons. The van der Waals surface area contributed by atoms with E-state index in [-0.39, 0.29) is 17.7 Å². The number of aromatic hydroxyl groups is 1. The molecule has 1 aromatic carbocycles. The summed E-state index contributed by atoms with van der Waals surface area (Å²) in [5.74, 6) is 0.658. The molecule has 3 heterocycles. The Morgan fingerprint density at radius 3 is 2.79 bits per heavy atom. The highest BCUT2D eigenvalue weighted by Gasteiger charge is 2.36. The zero-order valence-electron chi connectivity index (χ0n) is 12.6. The Balaban J connectivity index is 1.74. The maximum Gasteiger partial charge on any atom is 0.284 e. The molecule has 1 aliphatic heterocycles. The smallest absolute Gasteiger partial charge is 0.284 e. The first-order chi connectivity index (χ1) is 11.7. The first kappa shape index (κ1) is 14.7. The van der Waals surface area contributed by atoms with E-state index in [1.165, 1.54) is 16.3 Å². The maximum atomic E-state index is 12.8. The van der Waals surface area contributed by atoms with Crippen LogP contribution in [-0.2, 0) is 0 Å². The van der Waals surface area contributed by atoms with E-state index < -0.39 is 0 Å². The van der Waals surface area contributed by atoms with Gasteiger partial charge >= 0.3 is 0 Å². The number of hydrogen-bond donors (Lipinski definition) is 1. The van der Waals surface area contributed by atoms with E-state index in [0.29, 0.717) is 28.3 Å². The number of para-hydroxylation sites is 1. The third-order valence-electron chi connectivity index (χ3n) is 3.94. The van der Waals surface area contributed by atoms with Crippen molar-refractivity contribution in [2.24, 2.45) is 5.10 Å². The lowest BCUT2D eigenvalue weighted by Crippen LogP contribution is -2.26. The highest BCUT2D eigenvalue weighted by Crippen LogP contribution is 2.36. The fourth-order valence-electron chi connectivity index (χ4n) is 2.79. The van der Waals surface area contributed by atoms with E-state index in [1.54, 1.807) is 36.6 Å². The van der Waals surface area contributed by atoms with E-state index in [4.69, 9.17) is 4.42 Å². The largest absolute Gasteiger partial charge is 0.507 e. The van der Waals surface area contributed by atoms with Crippen molar-refractivity contribution in [3.05, 3.63) is 76.4 Å². The van der Waals surface area contributed by atoms with E-state index in [2.05, 4.69) is 5.10 Å². The maximum absolute atomic E-state index is 12.8. The van der Waals surface area contributed by atoms with Crippen molar-refractivity contribution >= 4 is 23.0 Å². The van der Waals surface area contributed by atoms with Crippen LogP contribution in [0, 0.1) is 0 Å². The Bertz CT molecular complexity index is 885. The van der Waals surface area contributed by atoms with Gasteiger partial charge in [0.2, 0.25) is 0 Å². The monoisotopic (exact) mass is 338 g/mol. The highest BCUT2D eigenvalue weighted by atomic mass is 32.1. The van der Waals surface area contributed by atoms with Crippen LogP contribution in [0.4, 0.5) is 0 Å². The van der Waals surface area contributed by atoms with Crippen molar-refractivity contribution < 1.29 is 14.3 Å². The molecule has 1 amide bonds. The molecular formula is C18H14N2O3S. The summed E-state index contributed by atoms with van der Waals surface area (Å²) >= 11 is 1.38. The number of phenols is 1. The molecule has 0 aliphatic carbocycles. The number of nitrogens with zero attached hydrogens (tertiary/aromatic N) is 2. The Hall–Kier alpha value is -2.86. The third kappa shape index (κ3) is 2.51. The Morgan fingerprint density at radius 2 is 2.08 bits per heavy atom. The van der Waals surface area contributed by atoms with Gasteiger partial charge < -0.3 is 9.52 Å². The normalized spacial score (nSPS) is 17.1. The van der Waals surface area contributed by atoms with Gasteiger partial charge in [0, 0.05) is 12.0 Å². The molecule has 0 bridgehead atoms. The number of hydrogen-bond acceptors (Lipinski definition) is 5. The predicted octanol–water partition coefficient (Wildman–Crippen LogP) is 4.04. The molecule has 3 aromatic rings. The van der Waals surface area contributed by atoms with E-state index in [9.17, 15) is 9.90 Å². The van der Waals surface area contributed by atoms with Crippen LogP contribution in [0.1, 0.15) is 33.5 Å². The summed E-state index contributed by atoms with van der Waals surface area (Å²) in [6, 6.07) is 13.9. The minimum Gasteiger partial charge on any atom is -0.507 e. The van der Waals surface area contributed by atoms with Gasteiger partial charge in [-0.05, 0) is 35.7 Å². The van der Waals surface area contributed by atoms with E-state index >= 15 is 0 Å². The molecule has 0 spiro atoms. The van der Waals surface area contributed by atoms with Crippen molar-refractivity contribution in [3.63, 3.8) is 0 Å². The molecule has 6 heteroatoms. The second-order valence-electron chi connectivity index (χ2n) is 5.43. The Kier molecular flexibility index (Phi) is 3.66. The second-order valence-corrected chi connectivity index (χ2v) is 6.37. The second kappa shape index (κ2) is 5.98. The summed E-state index contributed by atoms with van der Waals surface area (Å²) in [6.07, 6.45) is 2.07. The molecule has 24 heavy (non-hydrogen) atoms. The van der Waals surface area contributed by atoms with Crippen molar-refractivity contribution in [1.29, 1.82) is 0 Å². The lowest BCUT2D eigenvalue weighted by molar-refractivity contribution is 0.0698. The van der Waals surface area contributed by atoms with Gasteiger partial charge in [-0.15, -0.1) is 11.3 Å². The van der Waals surface area contributed by atoms with Crippen LogP contribution in [0.2, 0.25) is 0 Å². The van der Waals surface area contributed by atoms with Crippen LogP contribution in [-0.4, -0.2) is 21.7 Å². The summed E-state index contributed by atoms with van der Waals surface area (Å²) in [6.45, 7) is 0. The zero-order valence-corrected chi connectivity index (χ0v) is 13.4. The van der Waals surface area contributed by atoms with Crippen LogP contribution in [0.25, 0.3) is 0 Å². The summed E-state index contributed by atoms with van der Waals surface area (Å²) in [5, 5.41) is 17.9. The molecule has 2 aromatic heterocycles. The minimum absolute atomic E-state index is 0.153. The van der Waals surface area contributed by atoms with Gasteiger partial charge in [0.25, 0.3) is 5.91 Å². The first-order valence-corrected chi connectivity index (χ1v) is 8.38. The van der Waals surface area contributed by atoms with Crippen molar-refractivity contribution in [2.45, 2.75) is 12.5 Å². The topological polar surface area (TPSA) is 66.0 Å². The van der Waals surface area contributed by atoms with Crippen molar-refractivity contribution in [1.82, 2.24) is 5.01 Å². The fourth-order valence-corrected chi connectivity index (χ4v) is 3.45. The first-order valence-electron chi connectivity index (χ1n) is 7.50. The number of phenolic OH excluding ortho intramolecular Hbond substituents is 1. The van der Waals surface area contributed by atoms with E-state index in [1.807, 2.05) is 23.6 Å². The van der Waals surface area contributed by atoms with Gasteiger partial charge in [0.15, 0.2) is 0 Å². The predicted molar refractivity (Wildman–Crippen MR) is 91.2 cm³/mol. The van der Waals surface area contributed by atoms with Crippen LogP contribution in [0.5, 0.6) is 5.75 Å². The molecule has 5 nitrogen and oxygen atoms in total. The molecule has 0 unspecified atom stereocenters. The Morgan fingerprint density at radius 1 is 1.21 bits per heavy atom. The number of furan rings is 1. The highest BCUT2D eigenvalue weighted by molar-refractivity contribution is 7.12. The molecule has 0 fully saturated rings. The quantitative estimate of drug-likeness (QED) is 0.784. The average Bonchev–Trinajstić information content (AvgIpc) is 3.34. The number of rotatable bonds is 3. The molecule has 1 N–H and O–H groups in total. The summed E-state index contributed by atoms with van der Waals surface area (Å²) in [5.41, 5.74) is 1.30. The lowest BCUT2D eigenvalue weighted by atomic mass is 10.0. The van der Waals surface area contributed by atoms with Gasteiger partial charge in [0.1, 0.15) is 17.6 Å². The summed E-state index contributed by atoms with van der Waals surface area (Å²) in [7, 11) is 0. The molecule has 0 saturated heterocycles. The summed E-state index contributed by atoms with van der Waals surface area (Å²) in [4.78, 5) is 13.4. The molecule has 4 rings (SSSR count). The standard InChI is InChI=1S/C18H14N2O3S/c21-15-6-2-1-5-12(15)13-11-14(16-7-3-9-23-16)20(19-13)18(22)17-8-4-10-24-17/h1-10,14,21H,11H2/t14-/m0/s1. The molecule has 0 saturated carbocycles. The van der Waals surface area contributed by atoms with Gasteiger partial charge in [0.05, 0.1) is 16.9 Å². The summed E-state index contributed by atoms with van der Waals surface area (Å²) < 4.78 is 5.50.